The summed E-state index contributed by atoms with van der Waals surface area (Å²) in [5, 5.41) is 4.16. The molecule has 6 heteroatoms. The zero-order valence-corrected chi connectivity index (χ0v) is 10.0. The monoisotopic (exact) mass is 253 g/mol. The maximum atomic E-state index is 12.4. The lowest BCUT2D eigenvalue weighted by molar-refractivity contribution is -0.0499. The molecule has 0 fully saturated rings. The first-order valence-corrected chi connectivity index (χ1v) is 5.33. The molecule has 0 saturated carbocycles. The van der Waals surface area contributed by atoms with Gasteiger partial charge in [-0.15, -0.1) is 0 Å². The summed E-state index contributed by atoms with van der Waals surface area (Å²) in [6.45, 7) is -1.17. The van der Waals surface area contributed by atoms with Crippen LogP contribution in [-0.4, -0.2) is 16.4 Å². The molecule has 0 amide bonds. The molecule has 0 aliphatic rings. The fourth-order valence-corrected chi connectivity index (χ4v) is 1.71. The Morgan fingerprint density at radius 1 is 1.39 bits per heavy atom. The normalized spacial score (nSPS) is 10.9. The van der Waals surface area contributed by atoms with Gasteiger partial charge in [0.25, 0.3) is 0 Å². The number of rotatable bonds is 3. The fourth-order valence-electron chi connectivity index (χ4n) is 1.71. The Morgan fingerprint density at radius 3 is 2.67 bits per heavy atom. The molecule has 2 rings (SSSR count). The summed E-state index contributed by atoms with van der Waals surface area (Å²) in [6, 6.07) is 6.75. The number of nitrogens with zero attached hydrogens (tertiary/aromatic N) is 2. The Bertz CT molecular complexity index is 547. The summed E-state index contributed by atoms with van der Waals surface area (Å²) in [5.41, 5.74) is 7.31. The second kappa shape index (κ2) is 4.64. The van der Waals surface area contributed by atoms with Gasteiger partial charge in [-0.1, -0.05) is 12.1 Å². The number of anilines is 1. The van der Waals surface area contributed by atoms with Crippen LogP contribution in [0.3, 0.4) is 0 Å². The number of alkyl halides is 2. The van der Waals surface area contributed by atoms with Gasteiger partial charge in [0, 0.05) is 18.7 Å². The molecule has 0 unspecified atom stereocenters. The van der Waals surface area contributed by atoms with Gasteiger partial charge in [0.1, 0.15) is 11.6 Å². The summed E-state index contributed by atoms with van der Waals surface area (Å²) in [5.74, 6) is 0.583. The molecule has 0 saturated heterocycles. The minimum atomic E-state index is -2.87. The average Bonchev–Trinajstić information content (AvgIpc) is 2.61. The average molecular weight is 253 g/mol. The number of hydrogen-bond donors (Lipinski definition) is 1. The molecule has 0 aliphatic carbocycles. The molecule has 1 aromatic heterocycles. The van der Waals surface area contributed by atoms with Crippen molar-refractivity contribution in [2.24, 2.45) is 7.05 Å². The van der Waals surface area contributed by atoms with Crippen molar-refractivity contribution in [2.75, 3.05) is 5.73 Å². The van der Waals surface area contributed by atoms with Gasteiger partial charge in [0.15, 0.2) is 0 Å². The number of hydrogen-bond acceptors (Lipinski definition) is 3. The first-order valence-electron chi connectivity index (χ1n) is 5.33. The van der Waals surface area contributed by atoms with Gasteiger partial charge in [0.2, 0.25) is 0 Å². The molecule has 0 radical (unpaired) electrons. The topological polar surface area (TPSA) is 53.1 Å². The summed E-state index contributed by atoms with van der Waals surface area (Å²) >= 11 is 0. The van der Waals surface area contributed by atoms with Crippen molar-refractivity contribution in [2.45, 2.75) is 13.5 Å². The molecule has 0 aliphatic heterocycles. The fraction of sp³-hybridized carbons (Fsp3) is 0.250. The zero-order valence-electron chi connectivity index (χ0n) is 10.0. The second-order valence-electron chi connectivity index (χ2n) is 3.91. The SMILES string of the molecule is Cc1cccc(-c2cc(N)n(C)n2)c1OC(F)F. The predicted molar refractivity (Wildman–Crippen MR) is 64.4 cm³/mol. The third-order valence-corrected chi connectivity index (χ3v) is 2.61. The molecule has 1 heterocycles. The van der Waals surface area contributed by atoms with Gasteiger partial charge in [-0.25, -0.2) is 0 Å². The molecule has 18 heavy (non-hydrogen) atoms. The Hall–Kier alpha value is -2.11. The molecular weight excluding hydrogens is 240 g/mol. The van der Waals surface area contributed by atoms with Crippen LogP contribution in [0, 0.1) is 6.92 Å². The van der Waals surface area contributed by atoms with Crippen LogP contribution >= 0.6 is 0 Å². The van der Waals surface area contributed by atoms with Crippen LogP contribution in [0.5, 0.6) is 5.75 Å². The van der Waals surface area contributed by atoms with Crippen LogP contribution in [0.1, 0.15) is 5.56 Å². The van der Waals surface area contributed by atoms with Gasteiger partial charge in [-0.3, -0.25) is 4.68 Å². The lowest BCUT2D eigenvalue weighted by Gasteiger charge is -2.11. The van der Waals surface area contributed by atoms with E-state index >= 15 is 0 Å². The smallest absolute Gasteiger partial charge is 0.387 e. The number of aryl methyl sites for hydroxylation is 2. The van der Waals surface area contributed by atoms with Crippen LogP contribution in [0.2, 0.25) is 0 Å². The second-order valence-corrected chi connectivity index (χ2v) is 3.91. The minimum Gasteiger partial charge on any atom is -0.434 e. The summed E-state index contributed by atoms with van der Waals surface area (Å²) in [7, 11) is 1.68. The van der Waals surface area contributed by atoms with Crippen LogP contribution in [0.4, 0.5) is 14.6 Å². The minimum absolute atomic E-state index is 0.130. The van der Waals surface area contributed by atoms with Crippen molar-refractivity contribution < 1.29 is 13.5 Å². The number of benzene rings is 1. The summed E-state index contributed by atoms with van der Waals surface area (Å²) in [4.78, 5) is 0. The summed E-state index contributed by atoms with van der Waals surface area (Å²) in [6.07, 6.45) is 0. The van der Waals surface area contributed by atoms with Crippen LogP contribution < -0.4 is 10.5 Å². The van der Waals surface area contributed by atoms with E-state index in [0.717, 1.165) is 0 Å². The maximum Gasteiger partial charge on any atom is 0.387 e. The lowest BCUT2D eigenvalue weighted by atomic mass is 10.1. The molecule has 2 N–H and O–H groups in total. The third-order valence-electron chi connectivity index (χ3n) is 2.61. The molecule has 4 nitrogen and oxygen atoms in total. The van der Waals surface area contributed by atoms with Crippen LogP contribution in [0.15, 0.2) is 24.3 Å². The number of ether oxygens (including phenoxy) is 1. The Morgan fingerprint density at radius 2 is 2.11 bits per heavy atom. The Kier molecular flexibility index (Phi) is 3.18. The van der Waals surface area contributed by atoms with E-state index < -0.39 is 6.61 Å². The molecule has 0 atom stereocenters. The number of halogens is 2. The molecular formula is C12H13F2N3O. The van der Waals surface area contributed by atoms with E-state index in [1.807, 2.05) is 0 Å². The number of para-hydroxylation sites is 1. The third kappa shape index (κ3) is 2.27. The van der Waals surface area contributed by atoms with Crippen LogP contribution in [0.25, 0.3) is 11.3 Å². The van der Waals surface area contributed by atoms with Gasteiger partial charge >= 0.3 is 6.61 Å². The molecule has 1 aromatic carbocycles. The maximum absolute atomic E-state index is 12.4. The Balaban J connectivity index is 2.53. The van der Waals surface area contributed by atoms with E-state index in [-0.39, 0.29) is 5.75 Å². The number of nitrogens with two attached hydrogens (primary N) is 1. The van der Waals surface area contributed by atoms with Gasteiger partial charge < -0.3 is 10.5 Å². The van der Waals surface area contributed by atoms with Crippen molar-refractivity contribution in [3.05, 3.63) is 29.8 Å². The highest BCUT2D eigenvalue weighted by Crippen LogP contribution is 2.33. The first kappa shape index (κ1) is 12.3. The number of aromatic nitrogens is 2. The van der Waals surface area contributed by atoms with Gasteiger partial charge in [-0.05, 0) is 18.6 Å². The van der Waals surface area contributed by atoms with Gasteiger partial charge in [-0.2, -0.15) is 13.9 Å². The van der Waals surface area contributed by atoms with E-state index in [4.69, 9.17) is 5.73 Å². The van der Waals surface area contributed by atoms with Gasteiger partial charge in [0.05, 0.1) is 5.69 Å². The van der Waals surface area contributed by atoms with E-state index in [0.29, 0.717) is 22.6 Å². The van der Waals surface area contributed by atoms with Crippen LogP contribution in [-0.2, 0) is 7.05 Å². The first-order chi connectivity index (χ1) is 8.49. The van der Waals surface area contributed by atoms with Crippen molar-refractivity contribution in [1.29, 1.82) is 0 Å². The highest BCUT2D eigenvalue weighted by atomic mass is 19.3. The molecule has 0 spiro atoms. The van der Waals surface area contributed by atoms with E-state index in [2.05, 4.69) is 9.84 Å². The van der Waals surface area contributed by atoms with E-state index in [9.17, 15) is 8.78 Å². The quantitative estimate of drug-likeness (QED) is 0.914. The zero-order chi connectivity index (χ0) is 13.3. The highest BCUT2D eigenvalue weighted by molar-refractivity contribution is 5.70. The summed E-state index contributed by atoms with van der Waals surface area (Å²) < 4.78 is 30.8. The Labute approximate surface area is 103 Å². The van der Waals surface area contributed by atoms with Crippen molar-refractivity contribution in [3.8, 4) is 17.0 Å². The largest absolute Gasteiger partial charge is 0.434 e. The van der Waals surface area contributed by atoms with Crippen molar-refractivity contribution in [1.82, 2.24) is 9.78 Å². The lowest BCUT2D eigenvalue weighted by Crippen LogP contribution is -2.05. The molecule has 2 aromatic rings. The number of nitrogen functional groups attached to an aromatic ring is 1. The highest BCUT2D eigenvalue weighted by Gasteiger charge is 2.16. The van der Waals surface area contributed by atoms with E-state index in [1.165, 1.54) is 4.68 Å². The molecule has 96 valence electrons. The standard InChI is InChI=1S/C12H13F2N3O/c1-7-4-3-5-8(11(7)18-12(13)14)9-6-10(15)17(2)16-9/h3-6,12H,15H2,1-2H3. The molecule has 0 bridgehead atoms. The van der Waals surface area contributed by atoms with E-state index in [1.54, 1.807) is 38.2 Å². The predicted octanol–water partition coefficient (Wildman–Crippen LogP) is 2.58. The van der Waals surface area contributed by atoms with Crippen molar-refractivity contribution in [3.63, 3.8) is 0 Å². The van der Waals surface area contributed by atoms with Crippen molar-refractivity contribution >= 4 is 5.82 Å².